The van der Waals surface area contributed by atoms with E-state index >= 15 is 4.39 Å². The van der Waals surface area contributed by atoms with Crippen LogP contribution >= 0.6 is 24.4 Å². The number of hydrogen-bond donors (Lipinski definition) is 3. The van der Waals surface area contributed by atoms with Crippen LogP contribution in [0.5, 0.6) is 23.0 Å². The predicted octanol–water partition coefficient (Wildman–Crippen LogP) is 6.50. The van der Waals surface area contributed by atoms with Gasteiger partial charge in [-0.05, 0) is 67.9 Å². The number of nitrogens with one attached hydrogen (secondary N) is 1. The van der Waals surface area contributed by atoms with Gasteiger partial charge in [-0.2, -0.15) is 0 Å². The van der Waals surface area contributed by atoms with Crippen LogP contribution in [0.25, 0.3) is 10.9 Å². The smallest absolute Gasteiger partial charge is 0.338 e. The van der Waals surface area contributed by atoms with Crippen molar-refractivity contribution in [1.29, 1.82) is 0 Å². The zero-order chi connectivity index (χ0) is 32.6. The van der Waals surface area contributed by atoms with E-state index in [1.54, 1.807) is 42.5 Å². The molecule has 3 aromatic carbocycles. The molecule has 5 rings (SSSR count). The lowest BCUT2D eigenvalue weighted by atomic mass is 10.1. The van der Waals surface area contributed by atoms with Gasteiger partial charge in [-0.3, -0.25) is 9.78 Å². The highest BCUT2D eigenvalue weighted by Crippen LogP contribution is 2.38. The maximum absolute atomic E-state index is 15.1. The molecule has 0 saturated carbocycles. The predicted molar refractivity (Wildman–Crippen MR) is 177 cm³/mol. The standard InChI is InChI=1S/C33H34ClFN4O6S/c1-43-30-17-25-27(18-31(30)44-20-24(40)19-38-12-3-2-4-13-38)36-11-10-28(25)45-29-9-8-23(16-26(29)35)37-33(42)39(46)32(41)15-21-6-5-7-22(34)14-21/h5-11,14,16-18,24,40,46H,2-4,12-13,15,19-20H2,1H3,(H,37,42). The van der Waals surface area contributed by atoms with Crippen molar-refractivity contribution >= 4 is 52.9 Å². The number of imide groups is 1. The summed E-state index contributed by atoms with van der Waals surface area (Å²) in [7, 11) is 1.50. The minimum absolute atomic E-state index is 0.0870. The molecule has 1 unspecified atom stereocenters. The molecule has 2 N–H and O–H groups in total. The molecule has 4 aromatic rings. The van der Waals surface area contributed by atoms with Crippen LogP contribution in [0, 0.1) is 5.82 Å². The Kier molecular flexibility index (Phi) is 11.2. The number of amides is 3. The van der Waals surface area contributed by atoms with E-state index in [4.69, 9.17) is 25.8 Å². The Balaban J connectivity index is 1.23. The first-order valence-corrected chi connectivity index (χ1v) is 15.5. The van der Waals surface area contributed by atoms with Gasteiger partial charge in [0, 0.05) is 41.0 Å². The van der Waals surface area contributed by atoms with Crippen LogP contribution < -0.4 is 19.5 Å². The molecule has 46 heavy (non-hydrogen) atoms. The number of halogens is 2. The number of pyridine rings is 1. The summed E-state index contributed by atoms with van der Waals surface area (Å²) in [5, 5.41) is 14.0. The molecular weight excluding hydrogens is 635 g/mol. The molecule has 1 saturated heterocycles. The van der Waals surface area contributed by atoms with Crippen LogP contribution in [0.15, 0.2) is 66.9 Å². The molecule has 0 aliphatic carbocycles. The Morgan fingerprint density at radius 1 is 1.07 bits per heavy atom. The van der Waals surface area contributed by atoms with E-state index in [1.165, 1.54) is 31.9 Å². The van der Waals surface area contributed by atoms with Crippen molar-refractivity contribution in [2.45, 2.75) is 31.8 Å². The second-order valence-corrected chi connectivity index (χ2v) is 11.7. The number of aliphatic hydroxyl groups is 1. The van der Waals surface area contributed by atoms with E-state index in [1.807, 2.05) is 0 Å². The molecule has 1 fully saturated rings. The number of carbonyl (C=O) groups is 2. The number of anilines is 1. The summed E-state index contributed by atoms with van der Waals surface area (Å²) in [4.78, 5) is 31.7. The van der Waals surface area contributed by atoms with Gasteiger partial charge >= 0.3 is 6.03 Å². The molecule has 1 atom stereocenters. The maximum Gasteiger partial charge on any atom is 0.338 e. The molecule has 242 valence electrons. The molecule has 0 radical (unpaired) electrons. The first-order valence-electron chi connectivity index (χ1n) is 14.7. The Labute approximate surface area is 276 Å². The van der Waals surface area contributed by atoms with Crippen LogP contribution in [0.2, 0.25) is 5.02 Å². The molecule has 1 aliphatic heterocycles. The Morgan fingerprint density at radius 2 is 1.87 bits per heavy atom. The minimum Gasteiger partial charge on any atom is -0.493 e. The van der Waals surface area contributed by atoms with Crippen molar-refractivity contribution in [3.8, 4) is 23.0 Å². The summed E-state index contributed by atoms with van der Waals surface area (Å²) >= 11 is 9.97. The highest BCUT2D eigenvalue weighted by atomic mass is 35.5. The molecule has 3 amide bonds. The summed E-state index contributed by atoms with van der Waals surface area (Å²) in [6, 6.07) is 14.6. The normalized spacial score (nSPS) is 14.0. The zero-order valence-electron chi connectivity index (χ0n) is 25.1. The fourth-order valence-corrected chi connectivity index (χ4v) is 5.47. The first kappa shape index (κ1) is 33.3. The van der Waals surface area contributed by atoms with Crippen LogP contribution in [0.3, 0.4) is 0 Å². The molecule has 10 nitrogen and oxygen atoms in total. The third-order valence-electron chi connectivity index (χ3n) is 7.41. The SMILES string of the molecule is COc1cc2c(Oc3ccc(NC(=O)N(S)C(=O)Cc4cccc(Cl)c4)cc3F)ccnc2cc1OCC(O)CN1CCCCC1. The summed E-state index contributed by atoms with van der Waals surface area (Å²) in [5.74, 6) is -0.337. The van der Waals surface area contributed by atoms with Crippen LogP contribution in [0.1, 0.15) is 24.8 Å². The summed E-state index contributed by atoms with van der Waals surface area (Å²) in [5.41, 5.74) is 1.22. The number of rotatable bonds is 11. The largest absolute Gasteiger partial charge is 0.493 e. The van der Waals surface area contributed by atoms with Crippen molar-refractivity contribution in [2.75, 3.05) is 38.7 Å². The van der Waals surface area contributed by atoms with Crippen molar-refractivity contribution in [2.24, 2.45) is 0 Å². The minimum atomic E-state index is -0.854. The number of methoxy groups -OCH3 is 1. The molecule has 1 aromatic heterocycles. The molecule has 2 heterocycles. The Morgan fingerprint density at radius 3 is 2.61 bits per heavy atom. The summed E-state index contributed by atoms with van der Waals surface area (Å²) < 4.78 is 33.1. The van der Waals surface area contributed by atoms with Gasteiger partial charge in [0.15, 0.2) is 23.1 Å². The monoisotopic (exact) mass is 668 g/mol. The number of β-amino-alcohol motifs (C(OH)–C–C–N with tert-alkyl or cyclic N) is 1. The molecule has 1 aliphatic rings. The number of aromatic nitrogens is 1. The van der Waals surface area contributed by atoms with Gasteiger partial charge in [0.05, 0.1) is 19.0 Å². The van der Waals surface area contributed by atoms with Crippen molar-refractivity contribution in [1.82, 2.24) is 14.2 Å². The van der Waals surface area contributed by atoms with E-state index in [0.29, 0.717) is 49.6 Å². The fourth-order valence-electron chi connectivity index (χ4n) is 5.13. The second-order valence-electron chi connectivity index (χ2n) is 10.8. The number of thiol groups is 1. The molecule has 13 heteroatoms. The lowest BCUT2D eigenvalue weighted by Crippen LogP contribution is -2.38. The average Bonchev–Trinajstić information content (AvgIpc) is 3.04. The first-order chi connectivity index (χ1) is 22.2. The highest BCUT2D eigenvalue weighted by molar-refractivity contribution is 7.79. The Bertz CT molecular complexity index is 1710. The van der Waals surface area contributed by atoms with Gasteiger partial charge in [0.25, 0.3) is 0 Å². The highest BCUT2D eigenvalue weighted by Gasteiger charge is 2.21. The van der Waals surface area contributed by atoms with E-state index in [9.17, 15) is 14.7 Å². The summed E-state index contributed by atoms with van der Waals surface area (Å²) in [6.45, 7) is 2.57. The molecule has 0 spiro atoms. The van der Waals surface area contributed by atoms with Crippen LogP contribution in [-0.2, 0) is 11.2 Å². The van der Waals surface area contributed by atoms with Crippen molar-refractivity contribution in [3.63, 3.8) is 0 Å². The van der Waals surface area contributed by atoms with Crippen LogP contribution in [-0.4, -0.2) is 70.7 Å². The van der Waals surface area contributed by atoms with Gasteiger partial charge in [-0.1, -0.05) is 43.0 Å². The number of nitrogens with zero attached hydrogens (tertiary/aromatic N) is 3. The van der Waals surface area contributed by atoms with Crippen LogP contribution in [0.4, 0.5) is 14.9 Å². The summed E-state index contributed by atoms with van der Waals surface area (Å²) in [6.07, 6.45) is 4.25. The van der Waals surface area contributed by atoms with E-state index in [2.05, 4.69) is 28.0 Å². The second kappa shape index (κ2) is 15.5. The van der Waals surface area contributed by atoms with E-state index < -0.39 is 23.9 Å². The molecular formula is C33H34ClFN4O6S. The fraction of sp³-hybridized carbons (Fsp3) is 0.303. The number of piperidine rings is 1. The van der Waals surface area contributed by atoms with Gasteiger partial charge in [0.2, 0.25) is 5.91 Å². The van der Waals surface area contributed by atoms with E-state index in [-0.39, 0.29) is 24.5 Å². The Hall–Kier alpha value is -4.10. The van der Waals surface area contributed by atoms with Crippen molar-refractivity contribution < 1.29 is 33.3 Å². The van der Waals surface area contributed by atoms with Gasteiger partial charge in [0.1, 0.15) is 18.5 Å². The number of fused-ring (bicyclic) bond motifs is 1. The van der Waals surface area contributed by atoms with Gasteiger partial charge < -0.3 is 29.5 Å². The lowest BCUT2D eigenvalue weighted by molar-refractivity contribution is -0.123. The lowest BCUT2D eigenvalue weighted by Gasteiger charge is -2.28. The number of urea groups is 1. The van der Waals surface area contributed by atoms with Gasteiger partial charge in [-0.25, -0.2) is 13.5 Å². The number of carbonyl (C=O) groups excluding carboxylic acids is 2. The number of ether oxygens (including phenoxy) is 3. The van der Waals surface area contributed by atoms with E-state index in [0.717, 1.165) is 32.0 Å². The third kappa shape index (κ3) is 8.58. The number of benzene rings is 3. The number of likely N-dealkylation sites (tertiary alicyclic amines) is 1. The van der Waals surface area contributed by atoms with Gasteiger partial charge in [-0.15, -0.1) is 0 Å². The number of hydrogen-bond acceptors (Lipinski definition) is 9. The topological polar surface area (TPSA) is 113 Å². The third-order valence-corrected chi connectivity index (χ3v) is 8.05. The number of aliphatic hydroxyl groups excluding tert-OH is 1. The van der Waals surface area contributed by atoms with Crippen molar-refractivity contribution in [3.05, 3.63) is 83.3 Å². The quantitative estimate of drug-likeness (QED) is 0.155. The maximum atomic E-state index is 15.1. The zero-order valence-corrected chi connectivity index (χ0v) is 26.8. The molecule has 0 bridgehead atoms. The average molecular weight is 669 g/mol.